The number of nitrogens with one attached hydrogen (secondary N) is 1. The third-order valence-electron chi connectivity index (χ3n) is 4.90. The minimum absolute atomic E-state index is 0.0467. The molecule has 1 N–H and O–H groups in total. The van der Waals surface area contributed by atoms with Gasteiger partial charge in [0, 0.05) is 26.2 Å². The molecule has 0 aliphatic carbocycles. The molecule has 1 atom stereocenters. The first-order chi connectivity index (χ1) is 14.1. The van der Waals surface area contributed by atoms with E-state index in [0.717, 1.165) is 12.1 Å². The second kappa shape index (κ2) is 10.6. The van der Waals surface area contributed by atoms with Crippen molar-refractivity contribution >= 4 is 5.91 Å². The van der Waals surface area contributed by atoms with Gasteiger partial charge >= 0.3 is 6.18 Å². The van der Waals surface area contributed by atoms with E-state index < -0.39 is 11.7 Å². The van der Waals surface area contributed by atoms with Crippen LogP contribution in [0, 0.1) is 5.92 Å². The van der Waals surface area contributed by atoms with Gasteiger partial charge in [0.15, 0.2) is 5.69 Å². The normalized spacial score (nSPS) is 13.1. The lowest BCUT2D eigenvalue weighted by Crippen LogP contribution is -2.36. The Morgan fingerprint density at radius 3 is 2.63 bits per heavy atom. The fourth-order valence-electron chi connectivity index (χ4n) is 2.86. The van der Waals surface area contributed by atoms with Crippen molar-refractivity contribution in [3.8, 4) is 0 Å². The number of oxazole rings is 1. The third-order valence-corrected chi connectivity index (χ3v) is 4.90. The van der Waals surface area contributed by atoms with Gasteiger partial charge < -0.3 is 14.5 Å². The maximum absolute atomic E-state index is 13.0. The summed E-state index contributed by atoms with van der Waals surface area (Å²) in [4.78, 5) is 18.3. The van der Waals surface area contributed by atoms with Crippen molar-refractivity contribution in [2.24, 2.45) is 5.92 Å². The highest BCUT2D eigenvalue weighted by atomic mass is 19.4. The van der Waals surface area contributed by atoms with Gasteiger partial charge in [-0.3, -0.25) is 9.69 Å². The molecule has 1 aromatic heterocycles. The van der Waals surface area contributed by atoms with Crippen LogP contribution in [0.25, 0.3) is 0 Å². The lowest BCUT2D eigenvalue weighted by molar-refractivity contribution is -0.137. The fourth-order valence-corrected chi connectivity index (χ4v) is 2.86. The van der Waals surface area contributed by atoms with E-state index in [-0.39, 0.29) is 30.1 Å². The Bertz CT molecular complexity index is 821. The van der Waals surface area contributed by atoms with Gasteiger partial charge in [0.25, 0.3) is 5.91 Å². The summed E-state index contributed by atoms with van der Waals surface area (Å²) in [6.07, 6.45) is -3.11. The Hall–Kier alpha value is -2.39. The molecule has 6 nitrogen and oxygen atoms in total. The zero-order valence-corrected chi connectivity index (χ0v) is 17.6. The number of amides is 1. The lowest BCUT2D eigenvalue weighted by Gasteiger charge is -2.31. The van der Waals surface area contributed by atoms with Crippen LogP contribution in [-0.4, -0.2) is 42.1 Å². The molecule has 0 aliphatic heterocycles. The van der Waals surface area contributed by atoms with Crippen molar-refractivity contribution in [3.63, 3.8) is 0 Å². The molecule has 30 heavy (non-hydrogen) atoms. The molecule has 9 heteroatoms. The number of carbonyl (C=O) groups is 1. The molecule has 0 saturated carbocycles. The van der Waals surface area contributed by atoms with Crippen molar-refractivity contribution in [2.75, 3.05) is 20.3 Å². The average molecular weight is 427 g/mol. The second-order valence-electron chi connectivity index (χ2n) is 7.46. The molecule has 1 aromatic carbocycles. The number of benzene rings is 1. The first-order valence-electron chi connectivity index (χ1n) is 9.73. The highest BCUT2D eigenvalue weighted by Gasteiger charge is 2.30. The van der Waals surface area contributed by atoms with E-state index in [1.807, 2.05) is 25.7 Å². The largest absolute Gasteiger partial charge is 0.447 e. The molecule has 0 aliphatic rings. The summed E-state index contributed by atoms with van der Waals surface area (Å²) in [7, 11) is 1.54. The SMILES string of the molecule is COCCNC(=O)c1coc(CN(Cc2cccc(C(F)(F)F)c2)C(C)C(C)C)n1. The number of aromatic nitrogens is 1. The van der Waals surface area contributed by atoms with Gasteiger partial charge in [-0.05, 0) is 24.5 Å². The van der Waals surface area contributed by atoms with Gasteiger partial charge in [0.05, 0.1) is 18.7 Å². The topological polar surface area (TPSA) is 67.6 Å². The van der Waals surface area contributed by atoms with Gasteiger partial charge in [-0.1, -0.05) is 32.0 Å². The molecule has 1 amide bonds. The zero-order valence-electron chi connectivity index (χ0n) is 17.6. The van der Waals surface area contributed by atoms with E-state index in [1.54, 1.807) is 6.07 Å². The molecule has 1 heterocycles. The number of halogens is 3. The third kappa shape index (κ3) is 6.84. The zero-order chi connectivity index (χ0) is 22.3. The Labute approximate surface area is 174 Å². The van der Waals surface area contributed by atoms with E-state index in [2.05, 4.69) is 10.3 Å². The summed E-state index contributed by atoms with van der Waals surface area (Å²) >= 11 is 0. The first kappa shape index (κ1) is 23.9. The predicted octanol–water partition coefficient (Wildman–Crippen LogP) is 4.12. The standard InChI is InChI=1S/C21H28F3N3O3/c1-14(2)15(3)27(11-16-6-5-7-17(10-16)21(22,23)24)12-19-26-18(13-30-19)20(28)25-8-9-29-4/h5-7,10,13-15H,8-9,11-12H2,1-4H3,(H,25,28). The van der Waals surface area contributed by atoms with Gasteiger partial charge in [-0.2, -0.15) is 13.2 Å². The molecule has 0 saturated heterocycles. The molecule has 166 valence electrons. The minimum Gasteiger partial charge on any atom is -0.447 e. The Morgan fingerprint density at radius 1 is 1.27 bits per heavy atom. The van der Waals surface area contributed by atoms with Crippen molar-refractivity contribution in [2.45, 2.75) is 46.1 Å². The molecular weight excluding hydrogens is 399 g/mol. The quantitative estimate of drug-likeness (QED) is 0.578. The monoisotopic (exact) mass is 427 g/mol. The lowest BCUT2D eigenvalue weighted by atomic mass is 10.0. The molecule has 0 bridgehead atoms. The Morgan fingerprint density at radius 2 is 2.00 bits per heavy atom. The molecule has 1 unspecified atom stereocenters. The smallest absolute Gasteiger partial charge is 0.416 e. The number of carbonyl (C=O) groups excluding carboxylic acids is 1. The summed E-state index contributed by atoms with van der Waals surface area (Å²) in [6.45, 7) is 7.36. The van der Waals surface area contributed by atoms with Crippen molar-refractivity contribution in [1.29, 1.82) is 0 Å². The number of ether oxygens (including phenoxy) is 1. The summed E-state index contributed by atoms with van der Waals surface area (Å²) < 4.78 is 49.5. The highest BCUT2D eigenvalue weighted by molar-refractivity contribution is 5.91. The first-order valence-corrected chi connectivity index (χ1v) is 9.73. The summed E-state index contributed by atoms with van der Waals surface area (Å²) in [5, 5.41) is 2.66. The predicted molar refractivity (Wildman–Crippen MR) is 106 cm³/mol. The van der Waals surface area contributed by atoms with Gasteiger partial charge in [0.1, 0.15) is 6.26 Å². The number of hydrogen-bond donors (Lipinski definition) is 1. The second-order valence-corrected chi connectivity index (χ2v) is 7.46. The molecular formula is C21H28F3N3O3. The fraction of sp³-hybridized carbons (Fsp3) is 0.524. The van der Waals surface area contributed by atoms with Crippen LogP contribution in [0.1, 0.15) is 48.3 Å². The maximum Gasteiger partial charge on any atom is 0.416 e. The van der Waals surface area contributed by atoms with E-state index in [9.17, 15) is 18.0 Å². The van der Waals surface area contributed by atoms with Gasteiger partial charge in [-0.15, -0.1) is 0 Å². The number of rotatable bonds is 10. The summed E-state index contributed by atoms with van der Waals surface area (Å²) in [6, 6.07) is 5.33. The van der Waals surface area contributed by atoms with E-state index >= 15 is 0 Å². The Kier molecular flexibility index (Phi) is 8.43. The van der Waals surface area contributed by atoms with E-state index in [1.165, 1.54) is 19.4 Å². The van der Waals surface area contributed by atoms with E-state index in [0.29, 0.717) is 31.2 Å². The summed E-state index contributed by atoms with van der Waals surface area (Å²) in [5.41, 5.74) is 0.0158. The van der Waals surface area contributed by atoms with Gasteiger partial charge in [-0.25, -0.2) is 4.98 Å². The van der Waals surface area contributed by atoms with Crippen LogP contribution in [0.15, 0.2) is 34.9 Å². The van der Waals surface area contributed by atoms with Crippen LogP contribution < -0.4 is 5.32 Å². The minimum atomic E-state index is -4.39. The highest BCUT2D eigenvalue weighted by Crippen LogP contribution is 2.30. The molecule has 2 aromatic rings. The number of alkyl halides is 3. The maximum atomic E-state index is 13.0. The molecule has 0 fully saturated rings. The summed E-state index contributed by atoms with van der Waals surface area (Å²) in [5.74, 6) is 0.206. The van der Waals surface area contributed by atoms with Crippen LogP contribution in [0.3, 0.4) is 0 Å². The van der Waals surface area contributed by atoms with Gasteiger partial charge in [0.2, 0.25) is 5.89 Å². The van der Waals surface area contributed by atoms with Crippen molar-refractivity contribution in [3.05, 3.63) is 53.2 Å². The molecule has 0 spiro atoms. The van der Waals surface area contributed by atoms with Crippen LogP contribution in [0.2, 0.25) is 0 Å². The number of nitrogens with zero attached hydrogens (tertiary/aromatic N) is 2. The number of hydrogen-bond acceptors (Lipinski definition) is 5. The van der Waals surface area contributed by atoms with Crippen LogP contribution in [0.5, 0.6) is 0 Å². The van der Waals surface area contributed by atoms with Crippen molar-refractivity contribution in [1.82, 2.24) is 15.2 Å². The van der Waals surface area contributed by atoms with Crippen LogP contribution >= 0.6 is 0 Å². The molecule has 2 rings (SSSR count). The van der Waals surface area contributed by atoms with Crippen molar-refractivity contribution < 1.29 is 27.1 Å². The van der Waals surface area contributed by atoms with Crippen LogP contribution in [0.4, 0.5) is 13.2 Å². The Balaban J connectivity index is 2.14. The molecule has 0 radical (unpaired) electrons. The van der Waals surface area contributed by atoms with E-state index in [4.69, 9.17) is 9.15 Å². The average Bonchev–Trinajstić information content (AvgIpc) is 3.15. The number of methoxy groups -OCH3 is 1. The van der Waals surface area contributed by atoms with Crippen LogP contribution in [-0.2, 0) is 24.0 Å².